The van der Waals surface area contributed by atoms with Gasteiger partial charge in [-0.1, -0.05) is 5.92 Å². The Kier molecular flexibility index (Phi) is 2.10. The van der Waals surface area contributed by atoms with Gasteiger partial charge >= 0.3 is 0 Å². The highest BCUT2D eigenvalue weighted by Gasteiger charge is 2.41. The first-order chi connectivity index (χ1) is 4.97. The van der Waals surface area contributed by atoms with Crippen LogP contribution in [0.4, 0.5) is 0 Å². The summed E-state index contributed by atoms with van der Waals surface area (Å²) in [6.07, 6.45) is 5.34. The van der Waals surface area contributed by atoms with Gasteiger partial charge in [-0.2, -0.15) is 0 Å². The van der Waals surface area contributed by atoms with Gasteiger partial charge < -0.3 is 9.16 Å². The molecular weight excluding hydrogens is 156 g/mol. The lowest BCUT2D eigenvalue weighted by atomic mass is 10.1. The van der Waals surface area contributed by atoms with Crippen LogP contribution in [0.2, 0.25) is 19.6 Å². The van der Waals surface area contributed by atoms with Crippen molar-refractivity contribution in [2.45, 2.75) is 25.2 Å². The average molecular weight is 170 g/mol. The first kappa shape index (κ1) is 8.79. The molecule has 0 unspecified atom stereocenters. The SMILES string of the molecule is C#CC1(O[Si](C)(C)C)COC1. The van der Waals surface area contributed by atoms with Crippen LogP contribution in [0.25, 0.3) is 0 Å². The fourth-order valence-electron chi connectivity index (χ4n) is 1.05. The molecular formula is C8H14O2Si. The molecule has 1 fully saturated rings. The summed E-state index contributed by atoms with van der Waals surface area (Å²) in [5.41, 5.74) is -0.384. The van der Waals surface area contributed by atoms with Crippen molar-refractivity contribution in [2.24, 2.45) is 0 Å². The third kappa shape index (κ3) is 2.06. The molecule has 0 radical (unpaired) electrons. The fourth-order valence-corrected chi connectivity index (χ4v) is 2.39. The van der Waals surface area contributed by atoms with Crippen molar-refractivity contribution in [3.63, 3.8) is 0 Å². The zero-order valence-corrected chi connectivity index (χ0v) is 8.31. The zero-order valence-electron chi connectivity index (χ0n) is 7.31. The van der Waals surface area contributed by atoms with E-state index in [2.05, 4.69) is 25.6 Å². The lowest BCUT2D eigenvalue weighted by Crippen LogP contribution is -2.55. The third-order valence-electron chi connectivity index (χ3n) is 1.44. The number of ether oxygens (including phenoxy) is 1. The van der Waals surface area contributed by atoms with Gasteiger partial charge in [0.05, 0.1) is 13.2 Å². The number of hydrogen-bond acceptors (Lipinski definition) is 2. The topological polar surface area (TPSA) is 18.5 Å². The largest absolute Gasteiger partial charge is 0.398 e. The maximum absolute atomic E-state index is 5.79. The molecule has 3 heteroatoms. The molecule has 1 aliphatic heterocycles. The van der Waals surface area contributed by atoms with Crippen molar-refractivity contribution in [1.82, 2.24) is 0 Å². The summed E-state index contributed by atoms with van der Waals surface area (Å²) in [6, 6.07) is 0. The molecule has 0 aromatic rings. The van der Waals surface area contributed by atoms with Gasteiger partial charge in [0.15, 0.2) is 13.9 Å². The Morgan fingerprint density at radius 1 is 1.45 bits per heavy atom. The van der Waals surface area contributed by atoms with Crippen molar-refractivity contribution >= 4 is 8.32 Å². The molecule has 0 aliphatic carbocycles. The Bertz CT molecular complexity index is 183. The molecule has 0 aromatic heterocycles. The molecule has 1 heterocycles. The summed E-state index contributed by atoms with van der Waals surface area (Å²) in [7, 11) is -1.51. The normalized spacial score (nSPS) is 22.0. The number of hydrogen-bond donors (Lipinski definition) is 0. The van der Waals surface area contributed by atoms with Gasteiger partial charge in [-0.3, -0.25) is 0 Å². The van der Waals surface area contributed by atoms with Crippen LogP contribution >= 0.6 is 0 Å². The van der Waals surface area contributed by atoms with Crippen molar-refractivity contribution in [3.8, 4) is 12.3 Å². The van der Waals surface area contributed by atoms with Crippen molar-refractivity contribution in [2.75, 3.05) is 13.2 Å². The molecule has 1 saturated heterocycles. The van der Waals surface area contributed by atoms with Crippen LogP contribution in [0.1, 0.15) is 0 Å². The second-order valence-electron chi connectivity index (χ2n) is 3.85. The molecule has 0 atom stereocenters. The summed E-state index contributed by atoms with van der Waals surface area (Å²) in [4.78, 5) is 0. The van der Waals surface area contributed by atoms with Crippen molar-refractivity contribution in [1.29, 1.82) is 0 Å². The van der Waals surface area contributed by atoms with E-state index in [1.54, 1.807) is 0 Å². The van der Waals surface area contributed by atoms with Crippen LogP contribution in [-0.4, -0.2) is 27.1 Å². The van der Waals surface area contributed by atoms with Crippen molar-refractivity contribution < 1.29 is 9.16 Å². The molecule has 2 nitrogen and oxygen atoms in total. The van der Waals surface area contributed by atoms with Crippen molar-refractivity contribution in [3.05, 3.63) is 0 Å². The zero-order chi connectivity index (χ0) is 8.54. The Hall–Kier alpha value is -0.303. The Balaban J connectivity index is 2.54. The van der Waals surface area contributed by atoms with E-state index in [1.807, 2.05) is 0 Å². The Morgan fingerprint density at radius 3 is 2.09 bits per heavy atom. The second kappa shape index (κ2) is 2.63. The van der Waals surface area contributed by atoms with Gasteiger partial charge in [0, 0.05) is 0 Å². The third-order valence-corrected chi connectivity index (χ3v) is 2.44. The minimum Gasteiger partial charge on any atom is -0.398 e. The average Bonchev–Trinajstić information content (AvgIpc) is 1.77. The first-order valence-electron chi connectivity index (χ1n) is 3.73. The minimum absolute atomic E-state index is 0.384. The molecule has 1 aliphatic rings. The van der Waals surface area contributed by atoms with Gasteiger partial charge in [0.2, 0.25) is 0 Å². The summed E-state index contributed by atoms with van der Waals surface area (Å²) >= 11 is 0. The molecule has 0 bridgehead atoms. The molecule has 0 saturated carbocycles. The summed E-state index contributed by atoms with van der Waals surface area (Å²) in [6.45, 7) is 7.51. The highest BCUT2D eigenvalue weighted by Crippen LogP contribution is 2.25. The monoisotopic (exact) mass is 170 g/mol. The standard InChI is InChI=1S/C8H14O2Si/c1-5-8(6-9-7-8)10-11(2,3)4/h1H,6-7H2,2-4H3. The van der Waals surface area contributed by atoms with E-state index in [4.69, 9.17) is 15.6 Å². The Labute approximate surface area is 69.0 Å². The van der Waals surface area contributed by atoms with E-state index in [1.165, 1.54) is 0 Å². The molecule has 1 rings (SSSR count). The molecule has 0 amide bonds. The predicted octanol–water partition coefficient (Wildman–Crippen LogP) is 1.24. The fraction of sp³-hybridized carbons (Fsp3) is 0.750. The van der Waals surface area contributed by atoms with Crippen LogP contribution in [-0.2, 0) is 9.16 Å². The predicted molar refractivity (Wildman–Crippen MR) is 46.8 cm³/mol. The summed E-state index contributed by atoms with van der Waals surface area (Å²) in [5.74, 6) is 2.66. The highest BCUT2D eigenvalue weighted by atomic mass is 28.4. The van der Waals surface area contributed by atoms with E-state index in [0.29, 0.717) is 13.2 Å². The minimum atomic E-state index is -1.51. The van der Waals surface area contributed by atoms with Crippen LogP contribution < -0.4 is 0 Å². The lowest BCUT2D eigenvalue weighted by molar-refractivity contribution is -0.129. The van der Waals surface area contributed by atoms with Crippen LogP contribution in [0.5, 0.6) is 0 Å². The molecule has 0 aromatic carbocycles. The number of terminal acetylenes is 1. The summed E-state index contributed by atoms with van der Waals surface area (Å²) in [5, 5.41) is 0. The highest BCUT2D eigenvalue weighted by molar-refractivity contribution is 6.69. The van der Waals surface area contributed by atoms with Crippen LogP contribution in [0.3, 0.4) is 0 Å². The van der Waals surface area contributed by atoms with E-state index < -0.39 is 8.32 Å². The number of rotatable bonds is 2. The van der Waals surface area contributed by atoms with E-state index in [-0.39, 0.29) is 5.60 Å². The first-order valence-corrected chi connectivity index (χ1v) is 7.14. The molecule has 0 spiro atoms. The lowest BCUT2D eigenvalue weighted by Gasteiger charge is -2.41. The Morgan fingerprint density at radius 2 is 2.00 bits per heavy atom. The maximum atomic E-state index is 5.79. The quantitative estimate of drug-likeness (QED) is 0.458. The van der Waals surface area contributed by atoms with E-state index >= 15 is 0 Å². The smallest absolute Gasteiger partial charge is 0.186 e. The van der Waals surface area contributed by atoms with E-state index in [0.717, 1.165) is 0 Å². The summed E-state index contributed by atoms with van der Waals surface area (Å²) < 4.78 is 10.8. The molecule has 11 heavy (non-hydrogen) atoms. The van der Waals surface area contributed by atoms with Gasteiger partial charge in [-0.05, 0) is 19.6 Å². The van der Waals surface area contributed by atoms with Crippen LogP contribution in [0, 0.1) is 12.3 Å². The second-order valence-corrected chi connectivity index (χ2v) is 8.27. The van der Waals surface area contributed by atoms with Gasteiger partial charge in [-0.15, -0.1) is 6.42 Å². The van der Waals surface area contributed by atoms with Gasteiger partial charge in [0.1, 0.15) is 0 Å². The maximum Gasteiger partial charge on any atom is 0.186 e. The molecule has 62 valence electrons. The van der Waals surface area contributed by atoms with E-state index in [9.17, 15) is 0 Å². The van der Waals surface area contributed by atoms with Gasteiger partial charge in [0.25, 0.3) is 0 Å². The molecule has 0 N–H and O–H groups in total. The van der Waals surface area contributed by atoms with Crippen LogP contribution in [0.15, 0.2) is 0 Å². The van der Waals surface area contributed by atoms with Gasteiger partial charge in [-0.25, -0.2) is 0 Å².